The SMILES string of the molecule is C.CNC(=O)N(N)c1ccc(F)cc1OC. The van der Waals surface area contributed by atoms with Crippen LogP contribution in [0.3, 0.4) is 0 Å². The zero-order valence-electron chi connectivity index (χ0n) is 8.45. The number of amides is 2. The van der Waals surface area contributed by atoms with E-state index in [-0.39, 0.29) is 13.2 Å². The Morgan fingerprint density at radius 3 is 2.69 bits per heavy atom. The van der Waals surface area contributed by atoms with Gasteiger partial charge in [0.15, 0.2) is 0 Å². The van der Waals surface area contributed by atoms with E-state index in [4.69, 9.17) is 10.6 Å². The van der Waals surface area contributed by atoms with Crippen LogP contribution >= 0.6 is 0 Å². The van der Waals surface area contributed by atoms with Gasteiger partial charge in [-0.2, -0.15) is 0 Å². The van der Waals surface area contributed by atoms with Crippen LogP contribution < -0.4 is 20.9 Å². The van der Waals surface area contributed by atoms with E-state index in [1.807, 2.05) is 0 Å². The van der Waals surface area contributed by atoms with Crippen molar-refractivity contribution in [1.29, 1.82) is 0 Å². The molecule has 90 valence electrons. The van der Waals surface area contributed by atoms with Crippen LogP contribution in [0.5, 0.6) is 5.75 Å². The second-order valence-corrected chi connectivity index (χ2v) is 2.74. The molecular weight excluding hydrogens is 213 g/mol. The second kappa shape index (κ2) is 5.92. The van der Waals surface area contributed by atoms with Gasteiger partial charge >= 0.3 is 6.03 Å². The number of benzene rings is 1. The van der Waals surface area contributed by atoms with E-state index in [2.05, 4.69) is 5.32 Å². The molecule has 2 amide bonds. The molecule has 1 rings (SSSR count). The average molecular weight is 229 g/mol. The monoisotopic (exact) mass is 229 g/mol. The number of methoxy groups -OCH3 is 1. The molecule has 0 bridgehead atoms. The van der Waals surface area contributed by atoms with Gasteiger partial charge in [0.25, 0.3) is 0 Å². The molecule has 3 N–H and O–H groups in total. The third kappa shape index (κ3) is 2.83. The van der Waals surface area contributed by atoms with E-state index in [0.29, 0.717) is 5.69 Å². The van der Waals surface area contributed by atoms with E-state index >= 15 is 0 Å². The van der Waals surface area contributed by atoms with E-state index < -0.39 is 11.8 Å². The molecule has 0 heterocycles. The molecule has 0 saturated heterocycles. The van der Waals surface area contributed by atoms with Gasteiger partial charge in [0, 0.05) is 13.1 Å². The number of urea groups is 1. The molecule has 0 atom stereocenters. The van der Waals surface area contributed by atoms with Gasteiger partial charge in [-0.05, 0) is 12.1 Å². The molecule has 0 aliphatic carbocycles. The first kappa shape index (κ1) is 14.2. The molecule has 0 unspecified atom stereocenters. The highest BCUT2D eigenvalue weighted by Crippen LogP contribution is 2.27. The van der Waals surface area contributed by atoms with Crippen LogP contribution in [0.1, 0.15) is 7.43 Å². The first-order valence-electron chi connectivity index (χ1n) is 4.20. The summed E-state index contributed by atoms with van der Waals surface area (Å²) in [5.41, 5.74) is 0.290. The van der Waals surface area contributed by atoms with Gasteiger partial charge in [-0.1, -0.05) is 7.43 Å². The molecular formula is C10H16FN3O2. The van der Waals surface area contributed by atoms with Crippen LogP contribution in [0, 0.1) is 5.82 Å². The number of hydrogen-bond acceptors (Lipinski definition) is 3. The summed E-state index contributed by atoms with van der Waals surface area (Å²) in [6.07, 6.45) is 0. The zero-order chi connectivity index (χ0) is 11.4. The van der Waals surface area contributed by atoms with Gasteiger partial charge in [0.1, 0.15) is 17.3 Å². The Bertz CT molecular complexity index is 371. The molecule has 0 spiro atoms. The van der Waals surface area contributed by atoms with Crippen LogP contribution in [0.2, 0.25) is 0 Å². The lowest BCUT2D eigenvalue weighted by atomic mass is 10.3. The Hall–Kier alpha value is -1.82. The number of carbonyl (C=O) groups is 1. The number of hydrogen-bond donors (Lipinski definition) is 2. The minimum absolute atomic E-state index is 0. The predicted octanol–water partition coefficient (Wildman–Crippen LogP) is 1.49. The van der Waals surface area contributed by atoms with Gasteiger partial charge in [-0.15, -0.1) is 0 Å². The number of carbonyl (C=O) groups excluding carboxylic acids is 1. The topological polar surface area (TPSA) is 67.6 Å². The van der Waals surface area contributed by atoms with Crippen molar-refractivity contribution in [2.24, 2.45) is 5.84 Å². The third-order valence-corrected chi connectivity index (χ3v) is 1.83. The van der Waals surface area contributed by atoms with E-state index in [9.17, 15) is 9.18 Å². The predicted molar refractivity (Wildman–Crippen MR) is 60.8 cm³/mol. The number of nitrogens with one attached hydrogen (secondary N) is 1. The number of rotatable bonds is 2. The van der Waals surface area contributed by atoms with Crippen LogP contribution in [-0.4, -0.2) is 20.2 Å². The zero-order valence-corrected chi connectivity index (χ0v) is 8.45. The molecule has 16 heavy (non-hydrogen) atoms. The lowest BCUT2D eigenvalue weighted by molar-refractivity contribution is 0.248. The molecule has 0 aromatic heterocycles. The Morgan fingerprint density at radius 1 is 1.56 bits per heavy atom. The number of nitrogens with zero attached hydrogens (tertiary/aromatic N) is 1. The Kier molecular flexibility index (Phi) is 5.24. The molecule has 0 fully saturated rings. The summed E-state index contributed by atoms with van der Waals surface area (Å²) < 4.78 is 17.7. The second-order valence-electron chi connectivity index (χ2n) is 2.74. The first-order chi connectivity index (χ1) is 7.10. The van der Waals surface area contributed by atoms with Crippen molar-refractivity contribution in [3.05, 3.63) is 24.0 Å². The molecule has 0 aliphatic heterocycles. The summed E-state index contributed by atoms with van der Waals surface area (Å²) in [5.74, 6) is 5.23. The summed E-state index contributed by atoms with van der Waals surface area (Å²) in [6, 6.07) is 3.20. The van der Waals surface area contributed by atoms with Crippen LogP contribution in [0.15, 0.2) is 18.2 Å². The van der Waals surface area contributed by atoms with Crippen molar-refractivity contribution in [3.8, 4) is 5.75 Å². The number of anilines is 1. The Labute approximate surface area is 94.0 Å². The molecule has 0 radical (unpaired) electrons. The minimum Gasteiger partial charge on any atom is -0.494 e. The number of hydrazine groups is 1. The lowest BCUT2D eigenvalue weighted by Gasteiger charge is -2.18. The summed E-state index contributed by atoms with van der Waals surface area (Å²) in [4.78, 5) is 11.2. The first-order valence-corrected chi connectivity index (χ1v) is 4.20. The minimum atomic E-state index is -0.514. The summed E-state index contributed by atoms with van der Waals surface area (Å²) in [6.45, 7) is 0. The van der Waals surface area contributed by atoms with Gasteiger partial charge < -0.3 is 10.1 Å². The molecule has 0 aliphatic rings. The molecule has 1 aromatic carbocycles. The van der Waals surface area contributed by atoms with Gasteiger partial charge in [0.05, 0.1) is 7.11 Å². The quantitative estimate of drug-likeness (QED) is 0.458. The van der Waals surface area contributed by atoms with Crippen LogP contribution in [0.25, 0.3) is 0 Å². The maximum atomic E-state index is 12.8. The lowest BCUT2D eigenvalue weighted by Crippen LogP contribution is -2.43. The fourth-order valence-corrected chi connectivity index (χ4v) is 1.08. The summed E-state index contributed by atoms with van der Waals surface area (Å²) >= 11 is 0. The highest BCUT2D eigenvalue weighted by Gasteiger charge is 2.14. The smallest absolute Gasteiger partial charge is 0.336 e. The maximum Gasteiger partial charge on any atom is 0.336 e. The highest BCUT2D eigenvalue weighted by atomic mass is 19.1. The van der Waals surface area contributed by atoms with Crippen LogP contribution in [0.4, 0.5) is 14.9 Å². The van der Waals surface area contributed by atoms with Crippen molar-refractivity contribution in [1.82, 2.24) is 5.32 Å². The number of nitrogens with two attached hydrogens (primary N) is 1. The average Bonchev–Trinajstić information content (AvgIpc) is 2.26. The third-order valence-electron chi connectivity index (χ3n) is 1.83. The van der Waals surface area contributed by atoms with Crippen molar-refractivity contribution >= 4 is 11.7 Å². The van der Waals surface area contributed by atoms with Crippen molar-refractivity contribution in [2.45, 2.75) is 7.43 Å². The standard InChI is InChI=1S/C9H12FN3O2.CH4/c1-12-9(14)13(11)7-4-3-6(10)5-8(7)15-2;/h3-5H,11H2,1-2H3,(H,12,14);1H4. The molecule has 5 nitrogen and oxygen atoms in total. The van der Waals surface area contributed by atoms with E-state index in [1.54, 1.807) is 0 Å². The summed E-state index contributed by atoms with van der Waals surface area (Å²) in [5, 5.41) is 3.19. The number of halogens is 1. The van der Waals surface area contributed by atoms with Crippen molar-refractivity contribution in [3.63, 3.8) is 0 Å². The maximum absolute atomic E-state index is 12.8. The van der Waals surface area contributed by atoms with Gasteiger partial charge in [-0.25, -0.2) is 20.0 Å². The van der Waals surface area contributed by atoms with Crippen molar-refractivity contribution < 1.29 is 13.9 Å². The van der Waals surface area contributed by atoms with Crippen molar-refractivity contribution in [2.75, 3.05) is 19.2 Å². The Balaban J connectivity index is 0.00000225. The largest absolute Gasteiger partial charge is 0.494 e. The fraction of sp³-hybridized carbons (Fsp3) is 0.300. The Morgan fingerprint density at radius 2 is 2.19 bits per heavy atom. The number of ether oxygens (including phenoxy) is 1. The molecule has 0 saturated carbocycles. The van der Waals surface area contributed by atoms with Gasteiger partial charge in [-0.3, -0.25) is 0 Å². The molecule has 6 heteroatoms. The van der Waals surface area contributed by atoms with E-state index in [1.165, 1.54) is 26.3 Å². The van der Waals surface area contributed by atoms with E-state index in [0.717, 1.165) is 11.1 Å². The molecule has 1 aromatic rings. The van der Waals surface area contributed by atoms with Crippen LogP contribution in [-0.2, 0) is 0 Å². The summed E-state index contributed by atoms with van der Waals surface area (Å²) in [7, 11) is 2.81. The highest BCUT2D eigenvalue weighted by molar-refractivity contribution is 5.92. The fourth-order valence-electron chi connectivity index (χ4n) is 1.08. The normalized spacial score (nSPS) is 9.00. The van der Waals surface area contributed by atoms with Gasteiger partial charge in [0.2, 0.25) is 0 Å².